The number of nitrogens with zero attached hydrogens (tertiary/aromatic N) is 2. The summed E-state index contributed by atoms with van der Waals surface area (Å²) in [6, 6.07) is 9.92. The second kappa shape index (κ2) is 7.46. The fourth-order valence-electron chi connectivity index (χ4n) is 2.59. The quantitative estimate of drug-likeness (QED) is 0.496. The summed E-state index contributed by atoms with van der Waals surface area (Å²) in [6.45, 7) is 4.17. The number of hydrogen-bond acceptors (Lipinski definition) is 6. The molecule has 4 aromatic rings. The molecule has 0 fully saturated rings. The SMILES string of the molecule is Cc1ccc(-c2csc(NC(=O)Cc3csc(-c4ccco4)n3)n2)cc1C. The van der Waals surface area contributed by atoms with E-state index in [1.165, 1.54) is 33.8 Å². The van der Waals surface area contributed by atoms with Gasteiger partial charge in [0, 0.05) is 16.3 Å². The number of carbonyl (C=O) groups is 1. The van der Waals surface area contributed by atoms with E-state index < -0.39 is 0 Å². The molecule has 0 spiro atoms. The lowest BCUT2D eigenvalue weighted by molar-refractivity contribution is -0.115. The minimum atomic E-state index is -0.132. The lowest BCUT2D eigenvalue weighted by Gasteiger charge is -2.02. The molecular weight excluding hydrogens is 378 g/mol. The summed E-state index contributed by atoms with van der Waals surface area (Å²) in [5, 5.41) is 8.06. The molecule has 0 saturated heterocycles. The van der Waals surface area contributed by atoms with Gasteiger partial charge in [0.2, 0.25) is 5.91 Å². The van der Waals surface area contributed by atoms with Crippen molar-refractivity contribution >= 4 is 33.7 Å². The normalized spacial score (nSPS) is 10.9. The van der Waals surface area contributed by atoms with Crippen LogP contribution in [0.1, 0.15) is 16.8 Å². The summed E-state index contributed by atoms with van der Waals surface area (Å²) in [4.78, 5) is 21.3. The smallest absolute Gasteiger partial charge is 0.232 e. The van der Waals surface area contributed by atoms with Crippen LogP contribution in [-0.2, 0) is 11.2 Å². The molecule has 0 unspecified atom stereocenters. The molecule has 3 heterocycles. The minimum absolute atomic E-state index is 0.132. The number of anilines is 1. The highest BCUT2D eigenvalue weighted by Gasteiger charge is 2.13. The molecule has 0 aliphatic rings. The molecule has 0 atom stereocenters. The highest BCUT2D eigenvalue weighted by molar-refractivity contribution is 7.14. The van der Waals surface area contributed by atoms with Crippen molar-refractivity contribution in [3.8, 4) is 22.0 Å². The first kappa shape index (κ1) is 17.6. The summed E-state index contributed by atoms with van der Waals surface area (Å²) in [7, 11) is 0. The first-order chi connectivity index (χ1) is 13.1. The van der Waals surface area contributed by atoms with Crippen molar-refractivity contribution in [3.05, 3.63) is 64.2 Å². The first-order valence-electron chi connectivity index (χ1n) is 8.40. The zero-order valence-electron chi connectivity index (χ0n) is 14.9. The predicted octanol–water partition coefficient (Wildman–Crippen LogP) is 5.32. The molecule has 0 aliphatic carbocycles. The Labute approximate surface area is 164 Å². The summed E-state index contributed by atoms with van der Waals surface area (Å²) >= 11 is 2.88. The van der Waals surface area contributed by atoms with Gasteiger partial charge in [-0.3, -0.25) is 4.79 Å². The van der Waals surface area contributed by atoms with Crippen LogP contribution in [0, 0.1) is 13.8 Å². The van der Waals surface area contributed by atoms with E-state index in [-0.39, 0.29) is 12.3 Å². The molecule has 5 nitrogen and oxygen atoms in total. The Morgan fingerprint density at radius 1 is 1.11 bits per heavy atom. The van der Waals surface area contributed by atoms with E-state index in [1.54, 1.807) is 6.26 Å². The monoisotopic (exact) mass is 395 g/mol. The zero-order chi connectivity index (χ0) is 18.8. The summed E-state index contributed by atoms with van der Waals surface area (Å²) in [6.07, 6.45) is 1.81. The van der Waals surface area contributed by atoms with Gasteiger partial charge in [-0.1, -0.05) is 12.1 Å². The summed E-state index contributed by atoms with van der Waals surface area (Å²) < 4.78 is 5.33. The van der Waals surface area contributed by atoms with Crippen molar-refractivity contribution in [1.29, 1.82) is 0 Å². The van der Waals surface area contributed by atoms with E-state index in [9.17, 15) is 4.79 Å². The second-order valence-electron chi connectivity index (χ2n) is 6.18. The van der Waals surface area contributed by atoms with Crippen LogP contribution in [-0.4, -0.2) is 15.9 Å². The molecule has 1 N–H and O–H groups in total. The molecule has 136 valence electrons. The van der Waals surface area contributed by atoms with Gasteiger partial charge in [0.25, 0.3) is 0 Å². The molecular formula is C20H17N3O2S2. The van der Waals surface area contributed by atoms with Crippen molar-refractivity contribution in [3.63, 3.8) is 0 Å². The highest BCUT2D eigenvalue weighted by Crippen LogP contribution is 2.27. The molecule has 7 heteroatoms. The second-order valence-corrected chi connectivity index (χ2v) is 7.90. The largest absolute Gasteiger partial charge is 0.462 e. The minimum Gasteiger partial charge on any atom is -0.462 e. The van der Waals surface area contributed by atoms with Crippen molar-refractivity contribution in [2.45, 2.75) is 20.3 Å². The Bertz CT molecular complexity index is 1080. The molecule has 4 rings (SSSR count). The lowest BCUT2D eigenvalue weighted by atomic mass is 10.1. The Hall–Kier alpha value is -2.77. The van der Waals surface area contributed by atoms with Crippen LogP contribution in [0.25, 0.3) is 22.0 Å². The molecule has 0 radical (unpaired) electrons. The molecule has 0 aliphatic heterocycles. The maximum Gasteiger partial charge on any atom is 0.232 e. The third-order valence-electron chi connectivity index (χ3n) is 4.18. The topological polar surface area (TPSA) is 68.0 Å². The van der Waals surface area contributed by atoms with Gasteiger partial charge in [-0.15, -0.1) is 22.7 Å². The van der Waals surface area contributed by atoms with E-state index in [0.29, 0.717) is 10.9 Å². The Balaban J connectivity index is 1.41. The molecule has 1 amide bonds. The summed E-state index contributed by atoms with van der Waals surface area (Å²) in [5.74, 6) is 0.580. The molecule has 27 heavy (non-hydrogen) atoms. The molecule has 1 aromatic carbocycles. The maximum absolute atomic E-state index is 12.3. The zero-order valence-corrected chi connectivity index (χ0v) is 16.5. The Morgan fingerprint density at radius 3 is 2.78 bits per heavy atom. The predicted molar refractivity (Wildman–Crippen MR) is 109 cm³/mol. The van der Waals surface area contributed by atoms with Crippen molar-refractivity contribution in [2.24, 2.45) is 0 Å². The highest BCUT2D eigenvalue weighted by atomic mass is 32.1. The fraction of sp³-hybridized carbons (Fsp3) is 0.150. The van der Waals surface area contributed by atoms with Crippen LogP contribution in [0.2, 0.25) is 0 Å². The first-order valence-corrected chi connectivity index (χ1v) is 10.2. The van der Waals surface area contributed by atoms with E-state index in [2.05, 4.69) is 47.3 Å². The molecule has 0 bridgehead atoms. The average Bonchev–Trinajstić information content (AvgIpc) is 3.38. The molecule has 3 aromatic heterocycles. The van der Waals surface area contributed by atoms with E-state index >= 15 is 0 Å². The number of carbonyl (C=O) groups excluding carboxylic acids is 1. The van der Waals surface area contributed by atoms with Crippen LogP contribution in [0.15, 0.2) is 51.8 Å². The number of furan rings is 1. The van der Waals surface area contributed by atoms with Gasteiger partial charge >= 0.3 is 0 Å². The van der Waals surface area contributed by atoms with Crippen LogP contribution >= 0.6 is 22.7 Å². The number of aryl methyl sites for hydroxylation is 2. The van der Waals surface area contributed by atoms with Crippen LogP contribution in [0.3, 0.4) is 0 Å². The van der Waals surface area contributed by atoms with Gasteiger partial charge in [-0.25, -0.2) is 9.97 Å². The third-order valence-corrected chi connectivity index (χ3v) is 5.84. The number of aromatic nitrogens is 2. The average molecular weight is 396 g/mol. The van der Waals surface area contributed by atoms with Gasteiger partial charge in [0.15, 0.2) is 15.9 Å². The number of hydrogen-bond donors (Lipinski definition) is 1. The summed E-state index contributed by atoms with van der Waals surface area (Å²) in [5.41, 5.74) is 5.11. The maximum atomic E-state index is 12.3. The van der Waals surface area contributed by atoms with Crippen molar-refractivity contribution in [1.82, 2.24) is 9.97 Å². The number of thiazole rings is 2. The van der Waals surface area contributed by atoms with Gasteiger partial charge in [0.05, 0.1) is 24.1 Å². The molecule has 0 saturated carbocycles. The van der Waals surface area contributed by atoms with Crippen molar-refractivity contribution < 1.29 is 9.21 Å². The third kappa shape index (κ3) is 3.99. The van der Waals surface area contributed by atoms with Gasteiger partial charge in [-0.05, 0) is 43.2 Å². The standard InChI is InChI=1S/C20H17N3O2S2/c1-12-5-6-14(8-13(12)2)16-11-27-20(22-16)23-18(24)9-15-10-26-19(21-15)17-4-3-7-25-17/h3-8,10-11H,9H2,1-2H3,(H,22,23,24). The Kier molecular flexibility index (Phi) is 4.87. The van der Waals surface area contributed by atoms with Gasteiger partial charge in [0.1, 0.15) is 0 Å². The van der Waals surface area contributed by atoms with Crippen LogP contribution in [0.4, 0.5) is 5.13 Å². The number of nitrogens with one attached hydrogen (secondary N) is 1. The van der Waals surface area contributed by atoms with Gasteiger partial charge < -0.3 is 9.73 Å². The van der Waals surface area contributed by atoms with Gasteiger partial charge in [-0.2, -0.15) is 0 Å². The van der Waals surface area contributed by atoms with E-state index in [1.807, 2.05) is 22.9 Å². The lowest BCUT2D eigenvalue weighted by Crippen LogP contribution is -2.14. The fourth-order valence-corrected chi connectivity index (χ4v) is 4.12. The van der Waals surface area contributed by atoms with E-state index in [0.717, 1.165) is 22.0 Å². The van der Waals surface area contributed by atoms with Crippen molar-refractivity contribution in [2.75, 3.05) is 5.32 Å². The number of rotatable bonds is 5. The number of amides is 1. The van der Waals surface area contributed by atoms with Crippen LogP contribution in [0.5, 0.6) is 0 Å². The Morgan fingerprint density at radius 2 is 2.00 bits per heavy atom. The number of benzene rings is 1. The van der Waals surface area contributed by atoms with E-state index in [4.69, 9.17) is 4.42 Å². The van der Waals surface area contributed by atoms with Crippen LogP contribution < -0.4 is 5.32 Å².